The molecule has 2 aromatic rings. The Hall–Kier alpha value is -2.52. The van der Waals surface area contributed by atoms with Crippen LogP contribution in [0, 0.1) is 6.92 Å². The van der Waals surface area contributed by atoms with E-state index in [2.05, 4.69) is 9.97 Å². The van der Waals surface area contributed by atoms with Crippen molar-refractivity contribution in [2.45, 2.75) is 18.4 Å². The summed E-state index contributed by atoms with van der Waals surface area (Å²) in [6, 6.07) is 6.35. The van der Waals surface area contributed by atoms with Crippen molar-refractivity contribution in [3.63, 3.8) is 0 Å². The summed E-state index contributed by atoms with van der Waals surface area (Å²) in [6.07, 6.45) is 0.906. The zero-order valence-corrected chi connectivity index (χ0v) is 13.3. The second kappa shape index (κ2) is 6.31. The lowest BCUT2D eigenvalue weighted by Crippen LogP contribution is -2.29. The Morgan fingerprint density at radius 1 is 1.30 bits per heavy atom. The summed E-state index contributed by atoms with van der Waals surface area (Å²) >= 11 is 0. The number of sulfonamides is 1. The van der Waals surface area contributed by atoms with Crippen molar-refractivity contribution in [2.75, 3.05) is 7.05 Å². The number of rotatable bonds is 5. The minimum absolute atomic E-state index is 0.0539. The lowest BCUT2D eigenvalue weighted by atomic mass is 10.2. The van der Waals surface area contributed by atoms with Crippen molar-refractivity contribution in [3.8, 4) is 0 Å². The van der Waals surface area contributed by atoms with E-state index in [1.54, 1.807) is 12.1 Å². The number of nitrogens with one attached hydrogen (secondary N) is 1. The third-order valence-electron chi connectivity index (χ3n) is 3.18. The van der Waals surface area contributed by atoms with Gasteiger partial charge in [0.25, 0.3) is 5.56 Å². The van der Waals surface area contributed by atoms with Gasteiger partial charge in [-0.05, 0) is 19.1 Å². The van der Waals surface area contributed by atoms with Gasteiger partial charge in [0, 0.05) is 13.2 Å². The molecule has 0 fully saturated rings. The van der Waals surface area contributed by atoms with E-state index in [0.717, 1.165) is 16.1 Å². The summed E-state index contributed by atoms with van der Waals surface area (Å²) in [5.41, 5.74) is -0.400. The average molecular weight is 337 g/mol. The quantitative estimate of drug-likeness (QED) is 0.824. The molecule has 2 rings (SSSR count). The highest BCUT2D eigenvalue weighted by Gasteiger charge is 2.22. The molecular weight excluding hydrogens is 322 g/mol. The number of nitrogens with zero attached hydrogens (tertiary/aromatic N) is 2. The van der Waals surface area contributed by atoms with Crippen LogP contribution in [0.4, 0.5) is 0 Å². The first-order valence-corrected chi connectivity index (χ1v) is 8.00. The van der Waals surface area contributed by atoms with Crippen LogP contribution in [0.3, 0.4) is 0 Å². The minimum atomic E-state index is -3.74. The maximum atomic E-state index is 12.4. The first kappa shape index (κ1) is 16.8. The molecule has 0 aliphatic heterocycles. The smallest absolute Gasteiger partial charge is 0.342 e. The molecule has 0 amide bonds. The fourth-order valence-electron chi connectivity index (χ4n) is 1.85. The third-order valence-corrected chi connectivity index (χ3v) is 5.00. The van der Waals surface area contributed by atoms with Crippen LogP contribution in [0.5, 0.6) is 0 Å². The highest BCUT2D eigenvalue weighted by atomic mass is 32.2. The number of aromatic nitrogens is 2. The molecule has 0 radical (unpaired) electrons. The van der Waals surface area contributed by atoms with Gasteiger partial charge in [0.15, 0.2) is 0 Å². The van der Waals surface area contributed by atoms with Gasteiger partial charge >= 0.3 is 5.97 Å². The summed E-state index contributed by atoms with van der Waals surface area (Å²) < 4.78 is 25.9. The van der Waals surface area contributed by atoms with Gasteiger partial charge in [0.05, 0.1) is 11.4 Å². The highest BCUT2D eigenvalue weighted by molar-refractivity contribution is 7.89. The summed E-state index contributed by atoms with van der Waals surface area (Å²) in [6.45, 7) is 1.66. The van der Waals surface area contributed by atoms with Crippen LogP contribution < -0.4 is 5.56 Å². The number of carboxylic acids is 1. The second-order valence-electron chi connectivity index (χ2n) is 4.95. The molecule has 1 aromatic carbocycles. The Morgan fingerprint density at radius 3 is 2.43 bits per heavy atom. The van der Waals surface area contributed by atoms with Crippen molar-refractivity contribution < 1.29 is 18.3 Å². The van der Waals surface area contributed by atoms with Gasteiger partial charge in [-0.15, -0.1) is 0 Å². The summed E-state index contributed by atoms with van der Waals surface area (Å²) in [5, 5.41) is 8.77. The van der Waals surface area contributed by atoms with E-state index in [9.17, 15) is 18.0 Å². The molecule has 2 N–H and O–H groups in total. The molecule has 0 bridgehead atoms. The standard InChI is InChI=1S/C14H15N3O5S/c1-9-3-5-10(6-4-9)23(21,22)17(2)8-12-15-7-11(14(19)20)13(18)16-12/h3-7H,8H2,1-2H3,(H,19,20)(H,15,16,18). The van der Waals surface area contributed by atoms with Crippen LogP contribution in [0.25, 0.3) is 0 Å². The van der Waals surface area contributed by atoms with Crippen molar-refractivity contribution in [1.82, 2.24) is 14.3 Å². The van der Waals surface area contributed by atoms with Crippen LogP contribution >= 0.6 is 0 Å². The average Bonchev–Trinajstić information content (AvgIpc) is 2.47. The maximum Gasteiger partial charge on any atom is 0.342 e. The number of hydrogen-bond donors (Lipinski definition) is 2. The monoisotopic (exact) mass is 337 g/mol. The highest BCUT2D eigenvalue weighted by Crippen LogP contribution is 2.16. The second-order valence-corrected chi connectivity index (χ2v) is 7.00. The van der Waals surface area contributed by atoms with Gasteiger partial charge < -0.3 is 10.1 Å². The number of aryl methyl sites for hydroxylation is 1. The molecule has 0 spiro atoms. The van der Waals surface area contributed by atoms with Gasteiger partial charge in [-0.3, -0.25) is 4.79 Å². The van der Waals surface area contributed by atoms with E-state index < -0.39 is 27.1 Å². The van der Waals surface area contributed by atoms with E-state index in [1.165, 1.54) is 19.2 Å². The lowest BCUT2D eigenvalue weighted by Gasteiger charge is -2.16. The molecule has 23 heavy (non-hydrogen) atoms. The zero-order chi connectivity index (χ0) is 17.2. The summed E-state index contributed by atoms with van der Waals surface area (Å²) in [5.74, 6) is -1.34. The number of aromatic carboxylic acids is 1. The Labute approximate surface area is 132 Å². The van der Waals surface area contributed by atoms with E-state index in [-0.39, 0.29) is 17.3 Å². The van der Waals surface area contributed by atoms with Crippen molar-refractivity contribution >= 4 is 16.0 Å². The molecule has 9 heteroatoms. The molecule has 1 heterocycles. The number of carboxylic acid groups (broad SMARTS) is 1. The van der Waals surface area contributed by atoms with Crippen LogP contribution in [0.15, 0.2) is 40.2 Å². The van der Waals surface area contributed by atoms with Gasteiger partial charge in [-0.1, -0.05) is 17.7 Å². The minimum Gasteiger partial charge on any atom is -0.477 e. The third kappa shape index (κ3) is 3.63. The first-order chi connectivity index (χ1) is 10.7. The topological polar surface area (TPSA) is 120 Å². The molecule has 0 saturated carbocycles. The Morgan fingerprint density at radius 2 is 1.91 bits per heavy atom. The van der Waals surface area contributed by atoms with Gasteiger partial charge in [0.1, 0.15) is 11.4 Å². The molecule has 0 saturated heterocycles. The Bertz CT molecular complexity index is 887. The SMILES string of the molecule is Cc1ccc(S(=O)(=O)N(C)Cc2ncc(C(=O)O)c(=O)[nH]2)cc1. The largest absolute Gasteiger partial charge is 0.477 e. The molecule has 0 aliphatic rings. The summed E-state index contributed by atoms with van der Waals surface area (Å²) in [4.78, 5) is 28.5. The predicted octanol–water partition coefficient (Wildman–Crippen LogP) is 0.597. The summed E-state index contributed by atoms with van der Waals surface area (Å²) in [7, 11) is -2.39. The first-order valence-electron chi connectivity index (χ1n) is 6.56. The van der Waals surface area contributed by atoms with Gasteiger partial charge in [0.2, 0.25) is 10.0 Å². The Kier molecular flexibility index (Phi) is 4.62. The van der Waals surface area contributed by atoms with Crippen molar-refractivity contribution in [2.24, 2.45) is 0 Å². The van der Waals surface area contributed by atoms with E-state index in [1.807, 2.05) is 6.92 Å². The lowest BCUT2D eigenvalue weighted by molar-refractivity contribution is 0.0694. The molecular formula is C14H15N3O5S. The number of carbonyl (C=O) groups is 1. The predicted molar refractivity (Wildman–Crippen MR) is 81.6 cm³/mol. The zero-order valence-electron chi connectivity index (χ0n) is 12.5. The van der Waals surface area contributed by atoms with Crippen LogP contribution in [-0.2, 0) is 16.6 Å². The molecule has 0 aliphatic carbocycles. The molecule has 1 aromatic heterocycles. The Balaban J connectivity index is 2.26. The van der Waals surface area contributed by atoms with Gasteiger partial charge in [-0.25, -0.2) is 18.2 Å². The normalized spacial score (nSPS) is 11.6. The molecule has 122 valence electrons. The number of hydrogen-bond acceptors (Lipinski definition) is 5. The fourth-order valence-corrected chi connectivity index (χ4v) is 2.98. The number of H-pyrrole nitrogens is 1. The fraction of sp³-hybridized carbons (Fsp3) is 0.214. The van der Waals surface area contributed by atoms with E-state index in [4.69, 9.17) is 5.11 Å². The maximum absolute atomic E-state index is 12.4. The molecule has 0 atom stereocenters. The van der Waals surface area contributed by atoms with Crippen molar-refractivity contribution in [3.05, 3.63) is 57.8 Å². The van der Waals surface area contributed by atoms with E-state index in [0.29, 0.717) is 0 Å². The number of benzene rings is 1. The molecule has 0 unspecified atom stereocenters. The molecule has 8 nitrogen and oxygen atoms in total. The number of aromatic amines is 1. The van der Waals surface area contributed by atoms with E-state index >= 15 is 0 Å². The van der Waals surface area contributed by atoms with Crippen LogP contribution in [0.2, 0.25) is 0 Å². The van der Waals surface area contributed by atoms with Crippen LogP contribution in [-0.4, -0.2) is 40.8 Å². The van der Waals surface area contributed by atoms with Gasteiger partial charge in [-0.2, -0.15) is 4.31 Å². The van der Waals surface area contributed by atoms with Crippen molar-refractivity contribution in [1.29, 1.82) is 0 Å². The van der Waals surface area contributed by atoms with Crippen LogP contribution in [0.1, 0.15) is 21.7 Å².